The lowest BCUT2D eigenvalue weighted by Gasteiger charge is -2.34. The summed E-state index contributed by atoms with van der Waals surface area (Å²) in [6, 6.07) is 32.5. The SMILES string of the molecule is Cc1ccc(CC(n2cccc2)C2(Oc3ccc(F)cc3)C(C)(C)C2(OC(=O)C2C(C)(C)C2(Oc2ccc(F)cc2)C(Cc2ccc(Cl)cc2)n2cccc2)C(=O)O)cc1. The monoisotopic (exact) mass is 832 g/mol. The Labute approximate surface area is 353 Å². The number of nitrogens with zero attached hydrogens (tertiary/aromatic N) is 2. The van der Waals surface area contributed by atoms with Gasteiger partial charge in [-0.3, -0.25) is 4.79 Å². The van der Waals surface area contributed by atoms with Gasteiger partial charge in [0.1, 0.15) is 34.7 Å². The molecule has 0 amide bonds. The summed E-state index contributed by atoms with van der Waals surface area (Å²) in [4.78, 5) is 29.7. The van der Waals surface area contributed by atoms with Crippen LogP contribution in [0, 0.1) is 35.3 Å². The zero-order chi connectivity index (χ0) is 42.7. The summed E-state index contributed by atoms with van der Waals surface area (Å²) < 4.78 is 53.0. The number of benzene rings is 4. The van der Waals surface area contributed by atoms with Gasteiger partial charge in [-0.05, 0) is 116 Å². The highest BCUT2D eigenvalue weighted by atomic mass is 35.5. The van der Waals surface area contributed by atoms with Crippen molar-refractivity contribution >= 4 is 23.5 Å². The first-order valence-corrected chi connectivity index (χ1v) is 20.4. The fourth-order valence-electron chi connectivity index (χ4n) is 9.96. The van der Waals surface area contributed by atoms with Crippen LogP contribution in [0.4, 0.5) is 8.78 Å². The average molecular weight is 833 g/mol. The summed E-state index contributed by atoms with van der Waals surface area (Å²) in [5, 5.41) is 12.2. The standard InChI is InChI=1S/C49H47ClF2N2O6/c1-32-10-12-33(13-11-32)31-41(54-28-8-9-29-54)48(59-39-24-20-37(52)21-25-39)46(4,5)49(48,44(56)57)60-43(55)42-45(2,3)47(42,58-38-22-18-36(51)19-23-38)40(53-26-6-7-27-53)30-34-14-16-35(50)17-15-34/h6-29,40-42H,30-31H2,1-5H3,(H,56,57). The van der Waals surface area contributed by atoms with Gasteiger partial charge in [-0.1, -0.05) is 81.3 Å². The van der Waals surface area contributed by atoms with Crippen molar-refractivity contribution in [2.45, 2.75) is 76.3 Å². The normalized spacial score (nSPS) is 24.5. The molecule has 2 aliphatic rings. The number of aryl methyl sites for hydroxylation is 1. The van der Waals surface area contributed by atoms with E-state index in [1.165, 1.54) is 48.5 Å². The Morgan fingerprint density at radius 1 is 0.683 bits per heavy atom. The number of aromatic nitrogens is 2. The predicted molar refractivity (Wildman–Crippen MR) is 224 cm³/mol. The molecule has 0 spiro atoms. The third-order valence-electron chi connectivity index (χ3n) is 13.2. The van der Waals surface area contributed by atoms with Crippen LogP contribution in [0.25, 0.3) is 0 Å². The maximum Gasteiger partial charge on any atom is 0.353 e. The molecule has 2 aromatic heterocycles. The number of halogens is 3. The van der Waals surface area contributed by atoms with Gasteiger partial charge in [-0.25, -0.2) is 13.6 Å². The number of rotatable bonds is 15. The molecule has 8 rings (SSSR count). The van der Waals surface area contributed by atoms with Crippen LogP contribution in [-0.2, 0) is 27.2 Å². The molecule has 8 nitrogen and oxygen atoms in total. The number of carboxylic acids is 1. The molecule has 11 heteroatoms. The third kappa shape index (κ3) is 6.47. The molecule has 4 aromatic carbocycles. The van der Waals surface area contributed by atoms with Gasteiger partial charge in [0, 0.05) is 35.2 Å². The minimum Gasteiger partial charge on any atom is -0.484 e. The Morgan fingerprint density at radius 3 is 1.63 bits per heavy atom. The Bertz CT molecular complexity index is 2470. The first-order chi connectivity index (χ1) is 28.6. The van der Waals surface area contributed by atoms with E-state index in [0.717, 1.165) is 16.7 Å². The van der Waals surface area contributed by atoms with Crippen molar-refractivity contribution in [2.24, 2.45) is 16.7 Å². The molecule has 310 valence electrons. The summed E-state index contributed by atoms with van der Waals surface area (Å²) >= 11 is 6.29. The molecular formula is C49H47ClF2N2O6. The summed E-state index contributed by atoms with van der Waals surface area (Å²) in [6.07, 6.45) is 8.15. The first kappa shape index (κ1) is 40.9. The van der Waals surface area contributed by atoms with E-state index in [9.17, 15) is 18.7 Å². The van der Waals surface area contributed by atoms with E-state index in [4.69, 9.17) is 25.8 Å². The Morgan fingerprint density at radius 2 is 1.13 bits per heavy atom. The highest BCUT2D eigenvalue weighted by Gasteiger charge is 2.96. The zero-order valence-electron chi connectivity index (χ0n) is 34.0. The van der Waals surface area contributed by atoms with E-state index in [0.29, 0.717) is 23.6 Å². The topological polar surface area (TPSA) is 91.9 Å². The van der Waals surface area contributed by atoms with E-state index in [2.05, 4.69) is 0 Å². The van der Waals surface area contributed by atoms with Gasteiger partial charge >= 0.3 is 11.9 Å². The van der Waals surface area contributed by atoms with E-state index < -0.39 is 69.2 Å². The average Bonchev–Trinajstić information content (AvgIpc) is 3.65. The Balaban J connectivity index is 1.27. The third-order valence-corrected chi connectivity index (χ3v) is 13.4. The number of carboxylic acid groups (broad SMARTS) is 1. The van der Waals surface area contributed by atoms with Gasteiger partial charge in [-0.15, -0.1) is 0 Å². The van der Waals surface area contributed by atoms with Gasteiger partial charge in [-0.2, -0.15) is 0 Å². The van der Waals surface area contributed by atoms with Crippen LogP contribution in [0.3, 0.4) is 0 Å². The molecule has 2 heterocycles. The van der Waals surface area contributed by atoms with Gasteiger partial charge in [0.05, 0.1) is 17.5 Å². The minimum atomic E-state index is -2.27. The van der Waals surface area contributed by atoms with Crippen molar-refractivity contribution in [3.05, 3.63) is 179 Å². The van der Waals surface area contributed by atoms with Gasteiger partial charge in [0.15, 0.2) is 5.60 Å². The van der Waals surface area contributed by atoms with E-state index >= 15 is 4.79 Å². The maximum absolute atomic E-state index is 15.4. The largest absolute Gasteiger partial charge is 0.484 e. The molecule has 0 saturated heterocycles. The highest BCUT2D eigenvalue weighted by molar-refractivity contribution is 6.30. The molecule has 2 saturated carbocycles. The number of carbonyl (C=O) groups excluding carboxylic acids is 1. The molecule has 6 atom stereocenters. The second-order valence-corrected chi connectivity index (χ2v) is 17.6. The minimum absolute atomic E-state index is 0.209. The van der Waals surface area contributed by atoms with E-state index in [1.54, 1.807) is 26.0 Å². The molecule has 6 unspecified atom stereocenters. The zero-order valence-corrected chi connectivity index (χ0v) is 34.8. The molecule has 0 radical (unpaired) electrons. The van der Waals surface area contributed by atoms with Gasteiger partial charge in [0.2, 0.25) is 0 Å². The fraction of sp³-hybridized carbons (Fsp3) is 0.306. The molecular weight excluding hydrogens is 786 g/mol. The summed E-state index contributed by atoms with van der Waals surface area (Å²) in [5.74, 6) is -3.63. The Hall–Kier alpha value is -5.87. The van der Waals surface area contributed by atoms with Crippen molar-refractivity contribution in [1.29, 1.82) is 0 Å². The van der Waals surface area contributed by atoms with Crippen molar-refractivity contribution in [3.63, 3.8) is 0 Å². The molecule has 0 bridgehead atoms. The maximum atomic E-state index is 15.4. The summed E-state index contributed by atoms with van der Waals surface area (Å²) in [6.45, 7) is 9.24. The Kier molecular flexibility index (Phi) is 10.2. The number of esters is 1. The van der Waals surface area contributed by atoms with Crippen LogP contribution in [0.2, 0.25) is 5.02 Å². The molecule has 0 aliphatic heterocycles. The molecule has 60 heavy (non-hydrogen) atoms. The van der Waals surface area contributed by atoms with Gasteiger partial charge in [0.25, 0.3) is 5.60 Å². The second kappa shape index (κ2) is 15.0. The van der Waals surface area contributed by atoms with Crippen LogP contribution in [-0.4, -0.2) is 43.0 Å². The fourth-order valence-corrected chi connectivity index (χ4v) is 10.1. The summed E-state index contributed by atoms with van der Waals surface area (Å²) in [7, 11) is 0. The van der Waals surface area contributed by atoms with Gasteiger partial charge < -0.3 is 28.5 Å². The van der Waals surface area contributed by atoms with E-state index in [1.807, 2.05) is 115 Å². The number of hydrogen-bond donors (Lipinski definition) is 1. The number of hydrogen-bond acceptors (Lipinski definition) is 5. The lowest BCUT2D eigenvalue weighted by Crippen LogP contribution is -2.48. The highest BCUT2D eigenvalue weighted by Crippen LogP contribution is 2.75. The molecule has 6 aromatic rings. The number of carbonyl (C=O) groups is 2. The number of aliphatic carboxylic acids is 1. The van der Waals surface area contributed by atoms with E-state index in [-0.39, 0.29) is 5.75 Å². The first-order valence-electron chi connectivity index (χ1n) is 20.0. The van der Waals surface area contributed by atoms with Crippen molar-refractivity contribution in [1.82, 2.24) is 9.13 Å². The molecule has 2 fully saturated rings. The smallest absolute Gasteiger partial charge is 0.353 e. The quantitative estimate of drug-likeness (QED) is 0.104. The van der Waals surface area contributed by atoms with Crippen LogP contribution in [0.1, 0.15) is 56.5 Å². The van der Waals surface area contributed by atoms with Crippen LogP contribution < -0.4 is 9.47 Å². The predicted octanol–water partition coefficient (Wildman–Crippen LogP) is 10.5. The second-order valence-electron chi connectivity index (χ2n) is 17.1. The summed E-state index contributed by atoms with van der Waals surface area (Å²) in [5.41, 5.74) is -4.84. The van der Waals surface area contributed by atoms with Crippen molar-refractivity contribution in [2.75, 3.05) is 0 Å². The molecule has 1 N–H and O–H groups in total. The van der Waals surface area contributed by atoms with Crippen LogP contribution in [0.5, 0.6) is 11.5 Å². The van der Waals surface area contributed by atoms with Crippen LogP contribution in [0.15, 0.2) is 146 Å². The molecule has 2 aliphatic carbocycles. The van der Waals surface area contributed by atoms with Crippen molar-refractivity contribution in [3.8, 4) is 11.5 Å². The van der Waals surface area contributed by atoms with Crippen LogP contribution >= 0.6 is 11.6 Å². The van der Waals surface area contributed by atoms with Crippen molar-refractivity contribution < 1.29 is 37.7 Å². The number of ether oxygens (including phenoxy) is 3. The lowest BCUT2D eigenvalue weighted by molar-refractivity contribution is -0.178. The lowest BCUT2D eigenvalue weighted by atomic mass is 9.92.